The largest absolute Gasteiger partial charge is 0.493 e. The van der Waals surface area contributed by atoms with E-state index >= 15 is 0 Å². The van der Waals surface area contributed by atoms with Crippen LogP contribution >= 0.6 is 0 Å². The summed E-state index contributed by atoms with van der Waals surface area (Å²) in [6, 6.07) is 4.79. The maximum absolute atomic E-state index is 14.7. The highest BCUT2D eigenvalue weighted by Crippen LogP contribution is 2.36. The topological polar surface area (TPSA) is 91.3 Å². The molecule has 0 unspecified atom stereocenters. The Kier molecular flexibility index (Phi) is 7.42. The Balaban J connectivity index is 1.43. The second kappa shape index (κ2) is 10.3. The number of halogens is 3. The standard InChI is InChI=1S/C25H29F3N2O5/c1-2-3-10-34-15-11-18(27)24(19(28)12-15)30-9-8-25(33,21(31)13-30)14-35-20-6-5-17(26)23-16(20)4-7-22(32)29-23/h5-6,11-12,21,31,33H,2-4,7-10,13-14H2,1H3,(H,29,32)/t21-,25-/m1/s1. The summed E-state index contributed by atoms with van der Waals surface area (Å²) < 4.78 is 54.7. The Hall–Kier alpha value is -2.98. The van der Waals surface area contributed by atoms with E-state index in [1.165, 1.54) is 11.0 Å². The lowest BCUT2D eigenvalue weighted by molar-refractivity contribution is -0.116. The minimum absolute atomic E-state index is 0.0259. The summed E-state index contributed by atoms with van der Waals surface area (Å²) in [6.07, 6.45) is 0.711. The Morgan fingerprint density at radius 1 is 1.14 bits per heavy atom. The molecule has 2 heterocycles. The minimum Gasteiger partial charge on any atom is -0.493 e. The number of hydrogen-bond acceptors (Lipinski definition) is 6. The van der Waals surface area contributed by atoms with Gasteiger partial charge in [0.2, 0.25) is 5.91 Å². The van der Waals surface area contributed by atoms with Gasteiger partial charge in [0.05, 0.1) is 12.3 Å². The average Bonchev–Trinajstić information content (AvgIpc) is 2.81. The highest BCUT2D eigenvalue weighted by molar-refractivity contribution is 5.94. The van der Waals surface area contributed by atoms with Gasteiger partial charge < -0.3 is 29.9 Å². The van der Waals surface area contributed by atoms with Crippen molar-refractivity contribution in [3.63, 3.8) is 0 Å². The molecular weight excluding hydrogens is 465 g/mol. The number of unbranched alkanes of at least 4 members (excludes halogenated alkanes) is 1. The number of benzene rings is 2. The predicted octanol–water partition coefficient (Wildman–Crippen LogP) is 3.55. The second-order valence-electron chi connectivity index (χ2n) is 8.99. The Morgan fingerprint density at radius 2 is 1.89 bits per heavy atom. The fraction of sp³-hybridized carbons (Fsp3) is 0.480. The number of aliphatic hydroxyl groups excluding tert-OH is 1. The van der Waals surface area contributed by atoms with Gasteiger partial charge in [0.15, 0.2) is 11.6 Å². The number of ether oxygens (including phenoxy) is 2. The van der Waals surface area contributed by atoms with Crippen LogP contribution in [0.5, 0.6) is 11.5 Å². The van der Waals surface area contributed by atoms with Crippen LogP contribution in [0.4, 0.5) is 24.5 Å². The van der Waals surface area contributed by atoms with Crippen LogP contribution in [-0.4, -0.2) is 54.1 Å². The normalized spacial score (nSPS) is 21.9. The van der Waals surface area contributed by atoms with Gasteiger partial charge in [0.1, 0.15) is 41.3 Å². The van der Waals surface area contributed by atoms with Crippen molar-refractivity contribution >= 4 is 17.3 Å². The molecule has 4 rings (SSSR count). The summed E-state index contributed by atoms with van der Waals surface area (Å²) in [5, 5.41) is 24.2. The van der Waals surface area contributed by atoms with E-state index in [0.717, 1.165) is 31.0 Å². The van der Waals surface area contributed by atoms with E-state index in [2.05, 4.69) is 5.32 Å². The number of amides is 1. The molecule has 10 heteroatoms. The number of piperidine rings is 1. The van der Waals surface area contributed by atoms with E-state index in [9.17, 15) is 28.2 Å². The van der Waals surface area contributed by atoms with Gasteiger partial charge in [-0.05, 0) is 31.4 Å². The van der Waals surface area contributed by atoms with Crippen LogP contribution in [0, 0.1) is 17.5 Å². The summed E-state index contributed by atoms with van der Waals surface area (Å²) in [5.74, 6) is -2.12. The molecule has 7 nitrogen and oxygen atoms in total. The molecule has 2 aliphatic heterocycles. The van der Waals surface area contributed by atoms with E-state index in [-0.39, 0.29) is 62.0 Å². The SMILES string of the molecule is CCCCOc1cc(F)c(N2CC[C@@](O)(COc3ccc(F)c4c3CCC(=O)N4)[C@H](O)C2)c(F)c1. The van der Waals surface area contributed by atoms with Gasteiger partial charge in [0, 0.05) is 37.2 Å². The molecule has 0 aromatic heterocycles. The fourth-order valence-electron chi connectivity index (χ4n) is 4.36. The highest BCUT2D eigenvalue weighted by Gasteiger charge is 2.43. The first-order valence-electron chi connectivity index (χ1n) is 11.7. The van der Waals surface area contributed by atoms with Gasteiger partial charge in [-0.2, -0.15) is 0 Å². The number of anilines is 2. The Morgan fingerprint density at radius 3 is 2.57 bits per heavy atom. The molecule has 0 aliphatic carbocycles. The third-order valence-corrected chi connectivity index (χ3v) is 6.46. The molecule has 2 aromatic rings. The zero-order valence-electron chi connectivity index (χ0n) is 19.5. The quantitative estimate of drug-likeness (QED) is 0.487. The molecule has 35 heavy (non-hydrogen) atoms. The van der Waals surface area contributed by atoms with Gasteiger partial charge in [-0.25, -0.2) is 13.2 Å². The number of hydrogen-bond donors (Lipinski definition) is 3. The van der Waals surface area contributed by atoms with Crippen molar-refractivity contribution in [2.75, 3.05) is 36.5 Å². The monoisotopic (exact) mass is 494 g/mol. The Labute approximate surface area is 201 Å². The first kappa shape index (κ1) is 25.1. The van der Waals surface area contributed by atoms with Crippen molar-refractivity contribution in [2.24, 2.45) is 0 Å². The van der Waals surface area contributed by atoms with Crippen LogP contribution < -0.4 is 19.7 Å². The van der Waals surface area contributed by atoms with E-state index in [1.54, 1.807) is 0 Å². The molecule has 1 saturated heterocycles. The summed E-state index contributed by atoms with van der Waals surface area (Å²) in [6.45, 7) is 1.87. The van der Waals surface area contributed by atoms with Crippen molar-refractivity contribution in [1.82, 2.24) is 0 Å². The molecule has 1 fully saturated rings. The van der Waals surface area contributed by atoms with Crippen LogP contribution in [0.2, 0.25) is 0 Å². The van der Waals surface area contributed by atoms with Gasteiger partial charge >= 0.3 is 0 Å². The number of β-amino-alcohol motifs (C(OH)–C–C–N with tert-alkyl or cyclic N) is 1. The number of carbonyl (C=O) groups excluding carboxylic acids is 1. The van der Waals surface area contributed by atoms with Crippen LogP contribution in [-0.2, 0) is 11.2 Å². The van der Waals surface area contributed by atoms with Gasteiger partial charge in [0.25, 0.3) is 0 Å². The molecule has 190 valence electrons. The molecular formula is C25H29F3N2O5. The summed E-state index contributed by atoms with van der Waals surface area (Å²) in [5.41, 5.74) is -1.45. The lowest BCUT2D eigenvalue weighted by atomic mass is 9.89. The van der Waals surface area contributed by atoms with Crippen molar-refractivity contribution in [3.8, 4) is 11.5 Å². The third-order valence-electron chi connectivity index (χ3n) is 6.46. The summed E-state index contributed by atoms with van der Waals surface area (Å²) >= 11 is 0. The van der Waals surface area contributed by atoms with Gasteiger partial charge in [-0.1, -0.05) is 13.3 Å². The highest BCUT2D eigenvalue weighted by atomic mass is 19.1. The summed E-state index contributed by atoms with van der Waals surface area (Å²) in [7, 11) is 0. The second-order valence-corrected chi connectivity index (χ2v) is 8.99. The smallest absolute Gasteiger partial charge is 0.224 e. The Bertz CT molecular complexity index is 1080. The molecule has 2 aliphatic rings. The van der Waals surface area contributed by atoms with E-state index in [0.29, 0.717) is 17.9 Å². The molecule has 0 saturated carbocycles. The lowest BCUT2D eigenvalue weighted by Crippen LogP contribution is -2.58. The van der Waals surface area contributed by atoms with Crippen LogP contribution in [0.3, 0.4) is 0 Å². The maximum atomic E-state index is 14.7. The first-order valence-corrected chi connectivity index (χ1v) is 11.7. The van der Waals surface area contributed by atoms with Crippen molar-refractivity contribution in [3.05, 3.63) is 47.3 Å². The number of nitrogens with zero attached hydrogens (tertiary/aromatic N) is 1. The molecule has 1 amide bonds. The predicted molar refractivity (Wildman–Crippen MR) is 123 cm³/mol. The van der Waals surface area contributed by atoms with E-state index in [4.69, 9.17) is 9.47 Å². The van der Waals surface area contributed by atoms with Crippen LogP contribution in [0.25, 0.3) is 0 Å². The molecule has 3 N–H and O–H groups in total. The average molecular weight is 495 g/mol. The number of carbonyl (C=O) groups is 1. The van der Waals surface area contributed by atoms with E-state index in [1.807, 2.05) is 6.92 Å². The first-order chi connectivity index (χ1) is 16.7. The van der Waals surface area contributed by atoms with Gasteiger partial charge in [-0.15, -0.1) is 0 Å². The fourth-order valence-corrected chi connectivity index (χ4v) is 4.36. The number of fused-ring (bicyclic) bond motifs is 1. The van der Waals surface area contributed by atoms with Crippen molar-refractivity contribution in [1.29, 1.82) is 0 Å². The third kappa shape index (κ3) is 5.33. The molecule has 0 bridgehead atoms. The van der Waals surface area contributed by atoms with Crippen molar-refractivity contribution in [2.45, 2.75) is 50.7 Å². The van der Waals surface area contributed by atoms with Crippen molar-refractivity contribution < 1.29 is 37.7 Å². The van der Waals surface area contributed by atoms with Crippen LogP contribution in [0.15, 0.2) is 24.3 Å². The molecule has 2 aromatic carbocycles. The number of nitrogens with one attached hydrogen (secondary N) is 1. The number of rotatable bonds is 8. The molecule has 2 atom stereocenters. The molecule has 0 spiro atoms. The van der Waals surface area contributed by atoms with E-state index < -0.39 is 29.2 Å². The maximum Gasteiger partial charge on any atom is 0.224 e. The number of aliphatic hydroxyl groups is 2. The zero-order valence-corrected chi connectivity index (χ0v) is 19.5. The lowest BCUT2D eigenvalue weighted by Gasteiger charge is -2.42. The minimum atomic E-state index is -1.69. The summed E-state index contributed by atoms with van der Waals surface area (Å²) in [4.78, 5) is 12.9. The van der Waals surface area contributed by atoms with Crippen LogP contribution in [0.1, 0.15) is 38.2 Å². The zero-order chi connectivity index (χ0) is 25.2. The molecule has 0 radical (unpaired) electrons. The van der Waals surface area contributed by atoms with Gasteiger partial charge in [-0.3, -0.25) is 4.79 Å².